The van der Waals surface area contributed by atoms with E-state index in [0.717, 1.165) is 0 Å². The Hall–Kier alpha value is -1.47. The van der Waals surface area contributed by atoms with Crippen LogP contribution in [-0.2, 0) is 28.9 Å². The summed E-state index contributed by atoms with van der Waals surface area (Å²) in [5, 5.41) is 15.6. The van der Waals surface area contributed by atoms with Crippen molar-refractivity contribution in [1.82, 2.24) is 9.78 Å². The standard InChI is InChI=1S/C14H25N3O4/c1-5-11-14(17(18)19)12(6-2)16(15-11)10-9-13(20-7-3)21-8-4/h13H,5-10H2,1-4H3. The molecule has 1 aromatic heterocycles. The molecule has 0 saturated heterocycles. The summed E-state index contributed by atoms with van der Waals surface area (Å²) in [6.07, 6.45) is 1.46. The predicted octanol–water partition coefficient (Wildman–Crippen LogP) is 2.71. The first-order valence-corrected chi connectivity index (χ1v) is 7.54. The molecule has 7 heteroatoms. The molecule has 0 aliphatic carbocycles. The molecule has 0 fully saturated rings. The highest BCUT2D eigenvalue weighted by Gasteiger charge is 2.25. The van der Waals surface area contributed by atoms with E-state index in [0.29, 0.717) is 50.4 Å². The minimum absolute atomic E-state index is 0.157. The van der Waals surface area contributed by atoms with Crippen molar-refractivity contribution < 1.29 is 14.4 Å². The average molecular weight is 299 g/mol. The molecule has 1 heterocycles. The Balaban J connectivity index is 2.89. The van der Waals surface area contributed by atoms with Gasteiger partial charge in [-0.3, -0.25) is 14.8 Å². The molecule has 0 unspecified atom stereocenters. The molecule has 0 bridgehead atoms. The van der Waals surface area contributed by atoms with Crippen LogP contribution in [0.5, 0.6) is 0 Å². The highest BCUT2D eigenvalue weighted by molar-refractivity contribution is 5.41. The number of ether oxygens (including phenoxy) is 2. The molecule has 0 N–H and O–H groups in total. The molecule has 120 valence electrons. The zero-order chi connectivity index (χ0) is 15.8. The molecule has 0 spiro atoms. The van der Waals surface area contributed by atoms with Crippen molar-refractivity contribution in [2.45, 2.75) is 59.8 Å². The largest absolute Gasteiger partial charge is 0.353 e. The first kappa shape index (κ1) is 17.6. The van der Waals surface area contributed by atoms with Gasteiger partial charge in [-0.2, -0.15) is 5.10 Å². The van der Waals surface area contributed by atoms with E-state index in [4.69, 9.17) is 9.47 Å². The smallest absolute Gasteiger partial charge is 0.313 e. The van der Waals surface area contributed by atoms with Crippen LogP contribution in [0.25, 0.3) is 0 Å². The average Bonchev–Trinajstić information content (AvgIpc) is 2.83. The van der Waals surface area contributed by atoms with Crippen molar-refractivity contribution in [2.75, 3.05) is 13.2 Å². The van der Waals surface area contributed by atoms with Crippen LogP contribution in [0.4, 0.5) is 5.69 Å². The first-order valence-electron chi connectivity index (χ1n) is 7.54. The summed E-state index contributed by atoms with van der Waals surface area (Å²) in [4.78, 5) is 10.9. The van der Waals surface area contributed by atoms with Gasteiger partial charge in [0, 0.05) is 26.2 Å². The lowest BCUT2D eigenvalue weighted by Gasteiger charge is -2.17. The zero-order valence-corrected chi connectivity index (χ0v) is 13.3. The molecular weight excluding hydrogens is 274 g/mol. The van der Waals surface area contributed by atoms with Gasteiger partial charge in [-0.05, 0) is 26.7 Å². The number of aromatic nitrogens is 2. The van der Waals surface area contributed by atoms with E-state index in [1.165, 1.54) is 0 Å². The van der Waals surface area contributed by atoms with Gasteiger partial charge in [0.25, 0.3) is 0 Å². The van der Waals surface area contributed by atoms with Crippen LogP contribution in [0.1, 0.15) is 45.5 Å². The number of nitro groups is 1. The number of hydrogen-bond donors (Lipinski definition) is 0. The van der Waals surface area contributed by atoms with E-state index < -0.39 is 0 Å². The molecule has 0 amide bonds. The SMILES string of the molecule is CCOC(CCn1nc(CC)c([N+](=O)[O-])c1CC)OCC. The second kappa shape index (κ2) is 8.74. The van der Waals surface area contributed by atoms with Gasteiger partial charge >= 0.3 is 5.69 Å². The number of aryl methyl sites for hydroxylation is 2. The molecule has 21 heavy (non-hydrogen) atoms. The van der Waals surface area contributed by atoms with Gasteiger partial charge in [-0.25, -0.2) is 0 Å². The van der Waals surface area contributed by atoms with Gasteiger partial charge in [0.05, 0.1) is 4.92 Å². The number of rotatable bonds is 10. The summed E-state index contributed by atoms with van der Waals surface area (Å²) in [5.74, 6) is 0. The number of hydrogen-bond acceptors (Lipinski definition) is 5. The van der Waals surface area contributed by atoms with Gasteiger partial charge in [-0.15, -0.1) is 0 Å². The fourth-order valence-electron chi connectivity index (χ4n) is 2.34. The Labute approximate surface area is 125 Å². The summed E-state index contributed by atoms with van der Waals surface area (Å²) in [6, 6.07) is 0. The van der Waals surface area contributed by atoms with Gasteiger partial charge in [-0.1, -0.05) is 13.8 Å². The normalized spacial score (nSPS) is 11.3. The maximum absolute atomic E-state index is 11.2. The van der Waals surface area contributed by atoms with Crippen LogP contribution in [0.15, 0.2) is 0 Å². The van der Waals surface area contributed by atoms with Crippen LogP contribution in [0.2, 0.25) is 0 Å². The second-order valence-electron chi connectivity index (χ2n) is 4.56. The molecule has 7 nitrogen and oxygen atoms in total. The highest BCUT2D eigenvalue weighted by atomic mass is 16.7. The van der Waals surface area contributed by atoms with Gasteiger partial charge in [0.15, 0.2) is 6.29 Å². The zero-order valence-electron chi connectivity index (χ0n) is 13.3. The van der Waals surface area contributed by atoms with E-state index >= 15 is 0 Å². The molecule has 0 radical (unpaired) electrons. The minimum Gasteiger partial charge on any atom is -0.353 e. The van der Waals surface area contributed by atoms with Gasteiger partial charge < -0.3 is 9.47 Å². The minimum atomic E-state index is -0.330. The van der Waals surface area contributed by atoms with Crippen LogP contribution >= 0.6 is 0 Å². The van der Waals surface area contributed by atoms with Crippen molar-refractivity contribution in [1.29, 1.82) is 0 Å². The van der Waals surface area contributed by atoms with Crippen LogP contribution in [0.3, 0.4) is 0 Å². The molecule has 0 saturated carbocycles. The second-order valence-corrected chi connectivity index (χ2v) is 4.56. The Morgan fingerprint density at radius 2 is 1.81 bits per heavy atom. The van der Waals surface area contributed by atoms with Crippen molar-refractivity contribution in [2.24, 2.45) is 0 Å². The molecule has 1 rings (SSSR count). The maximum Gasteiger partial charge on any atom is 0.313 e. The summed E-state index contributed by atoms with van der Waals surface area (Å²) in [5.41, 5.74) is 1.37. The van der Waals surface area contributed by atoms with Gasteiger partial charge in [0.2, 0.25) is 0 Å². The van der Waals surface area contributed by atoms with E-state index in [1.54, 1.807) is 4.68 Å². The van der Waals surface area contributed by atoms with Gasteiger partial charge in [0.1, 0.15) is 11.4 Å². The summed E-state index contributed by atoms with van der Waals surface area (Å²) in [7, 11) is 0. The number of nitrogens with zero attached hydrogens (tertiary/aromatic N) is 3. The topological polar surface area (TPSA) is 79.4 Å². The van der Waals surface area contributed by atoms with Crippen LogP contribution in [0, 0.1) is 10.1 Å². The quantitative estimate of drug-likeness (QED) is 0.377. The Morgan fingerprint density at radius 3 is 2.24 bits per heavy atom. The van der Waals surface area contributed by atoms with E-state index in [9.17, 15) is 10.1 Å². The third-order valence-corrected chi connectivity index (χ3v) is 3.23. The molecule has 0 aliphatic heterocycles. The third kappa shape index (κ3) is 4.50. The summed E-state index contributed by atoms with van der Waals surface area (Å²) >= 11 is 0. The third-order valence-electron chi connectivity index (χ3n) is 3.23. The van der Waals surface area contributed by atoms with Crippen LogP contribution < -0.4 is 0 Å². The van der Waals surface area contributed by atoms with Crippen molar-refractivity contribution in [3.05, 3.63) is 21.5 Å². The summed E-state index contributed by atoms with van der Waals surface area (Å²) in [6.45, 7) is 9.31. The Morgan fingerprint density at radius 1 is 1.19 bits per heavy atom. The fraction of sp³-hybridized carbons (Fsp3) is 0.786. The fourth-order valence-corrected chi connectivity index (χ4v) is 2.34. The predicted molar refractivity (Wildman–Crippen MR) is 79.3 cm³/mol. The van der Waals surface area contributed by atoms with E-state index in [-0.39, 0.29) is 16.9 Å². The molecule has 0 atom stereocenters. The van der Waals surface area contributed by atoms with Crippen molar-refractivity contribution in [3.8, 4) is 0 Å². The first-order chi connectivity index (χ1) is 10.1. The molecule has 0 aliphatic rings. The lowest BCUT2D eigenvalue weighted by molar-refractivity contribution is -0.386. The lowest BCUT2D eigenvalue weighted by Crippen LogP contribution is -2.20. The molecule has 0 aromatic carbocycles. The summed E-state index contributed by atoms with van der Waals surface area (Å²) < 4.78 is 12.7. The van der Waals surface area contributed by atoms with Crippen LogP contribution in [-0.4, -0.2) is 34.2 Å². The Kier molecular flexibility index (Phi) is 7.31. The maximum atomic E-state index is 11.2. The van der Waals surface area contributed by atoms with E-state index in [1.807, 2.05) is 27.7 Å². The molecule has 1 aromatic rings. The highest BCUT2D eigenvalue weighted by Crippen LogP contribution is 2.25. The van der Waals surface area contributed by atoms with Crippen molar-refractivity contribution in [3.63, 3.8) is 0 Å². The van der Waals surface area contributed by atoms with Crippen molar-refractivity contribution >= 4 is 5.69 Å². The molecular formula is C14H25N3O4. The lowest BCUT2D eigenvalue weighted by atomic mass is 10.2. The Bertz CT molecular complexity index is 453. The monoisotopic (exact) mass is 299 g/mol. The van der Waals surface area contributed by atoms with E-state index in [2.05, 4.69) is 5.10 Å².